The highest BCUT2D eigenvalue weighted by atomic mass is 31.2. The second-order valence-electron chi connectivity index (χ2n) is 8.91. The van der Waals surface area contributed by atoms with E-state index in [4.69, 9.17) is 28.8 Å². The van der Waals surface area contributed by atoms with Gasteiger partial charge < -0.3 is 15.2 Å². The number of carbonyl (C=O) groups excluding carboxylic acids is 1. The van der Waals surface area contributed by atoms with Gasteiger partial charge >= 0.3 is 19.5 Å². The number of phosphoric acid groups is 1. The van der Waals surface area contributed by atoms with Crippen molar-refractivity contribution in [3.63, 3.8) is 0 Å². The molecule has 0 aromatic carbocycles. The standard InChI is InChI=1S/C18H25FN3O8P/c1-5-17-8-27-31(25,28-9-26-14(23)16(2,3)4)30-13(17)18(19)11(12(18)29-17)22-7-6-10(20)21-15(22)24/h6-7,11-13H,5,8-9H2,1-4H3,(H2,20,21,24). The van der Waals surface area contributed by atoms with E-state index in [1.807, 2.05) is 0 Å². The number of ether oxygens (including phenoxy) is 2. The molecule has 0 spiro atoms. The minimum absolute atomic E-state index is 0.00816. The fourth-order valence-electron chi connectivity index (χ4n) is 3.94. The van der Waals surface area contributed by atoms with E-state index >= 15 is 4.39 Å². The van der Waals surface area contributed by atoms with Crippen molar-refractivity contribution in [2.45, 2.75) is 63.6 Å². The fraction of sp³-hybridized carbons (Fsp3) is 0.722. The summed E-state index contributed by atoms with van der Waals surface area (Å²) >= 11 is 0. The molecule has 6 unspecified atom stereocenters. The number of esters is 1. The number of rotatable bonds is 5. The molecule has 3 heterocycles. The van der Waals surface area contributed by atoms with Gasteiger partial charge in [0.1, 0.15) is 29.7 Å². The molecule has 0 amide bonds. The minimum Gasteiger partial charge on any atom is -0.437 e. The third kappa shape index (κ3) is 3.50. The topological polar surface area (TPSA) is 141 Å². The lowest BCUT2D eigenvalue weighted by molar-refractivity contribution is -0.171. The van der Waals surface area contributed by atoms with Crippen molar-refractivity contribution in [1.29, 1.82) is 0 Å². The normalized spacial score (nSPS) is 38.9. The zero-order chi connectivity index (χ0) is 22.8. The second kappa shape index (κ2) is 7.08. The summed E-state index contributed by atoms with van der Waals surface area (Å²) in [7, 11) is -4.26. The van der Waals surface area contributed by atoms with Crippen molar-refractivity contribution < 1.29 is 36.8 Å². The molecule has 1 aliphatic carbocycles. The first-order valence-corrected chi connectivity index (χ1v) is 11.3. The fourth-order valence-corrected chi connectivity index (χ4v) is 5.30. The van der Waals surface area contributed by atoms with Gasteiger partial charge in [-0.25, -0.2) is 18.3 Å². The first kappa shape index (κ1) is 22.3. The SMILES string of the molecule is CCC12COP(=O)(OCOC(=O)C(C)(C)C)OC1C1(F)C(O2)C1n1ccc(N)nc1=O. The zero-order valence-corrected chi connectivity index (χ0v) is 18.5. The summed E-state index contributed by atoms with van der Waals surface area (Å²) in [5, 5.41) is 0. The summed E-state index contributed by atoms with van der Waals surface area (Å²) < 4.78 is 56.7. The third-order valence-electron chi connectivity index (χ3n) is 5.77. The molecular weight excluding hydrogens is 436 g/mol. The number of aromatic nitrogens is 2. The van der Waals surface area contributed by atoms with Crippen LogP contribution in [-0.4, -0.2) is 52.4 Å². The summed E-state index contributed by atoms with van der Waals surface area (Å²) in [6.07, 6.45) is -0.717. The summed E-state index contributed by atoms with van der Waals surface area (Å²) in [6.45, 7) is 5.75. The molecule has 4 rings (SSSR count). The maximum Gasteiger partial charge on any atom is 0.478 e. The minimum atomic E-state index is -4.26. The van der Waals surface area contributed by atoms with E-state index in [1.165, 1.54) is 12.3 Å². The maximum absolute atomic E-state index is 16.0. The Balaban J connectivity index is 1.52. The van der Waals surface area contributed by atoms with Crippen molar-refractivity contribution in [2.75, 3.05) is 19.1 Å². The van der Waals surface area contributed by atoms with Crippen LogP contribution < -0.4 is 11.4 Å². The number of hydrogen-bond acceptors (Lipinski definition) is 10. The number of carbonyl (C=O) groups is 1. The summed E-state index contributed by atoms with van der Waals surface area (Å²) in [5.74, 6) is -0.573. The molecule has 0 bridgehead atoms. The average Bonchev–Trinajstić information content (AvgIpc) is 3.16. The van der Waals surface area contributed by atoms with Gasteiger partial charge in [-0.1, -0.05) is 6.92 Å². The molecule has 3 aliphatic rings. The molecule has 6 atom stereocenters. The second-order valence-corrected chi connectivity index (χ2v) is 10.5. The molecule has 2 saturated heterocycles. The smallest absolute Gasteiger partial charge is 0.437 e. The highest BCUT2D eigenvalue weighted by Gasteiger charge is 2.85. The summed E-state index contributed by atoms with van der Waals surface area (Å²) in [5.41, 5.74) is 0.626. The Morgan fingerprint density at radius 1 is 1.48 bits per heavy atom. The summed E-state index contributed by atoms with van der Waals surface area (Å²) in [6, 6.07) is 0.344. The molecule has 172 valence electrons. The highest BCUT2D eigenvalue weighted by molar-refractivity contribution is 7.48. The van der Waals surface area contributed by atoms with Crippen LogP contribution in [0.5, 0.6) is 0 Å². The summed E-state index contributed by atoms with van der Waals surface area (Å²) in [4.78, 5) is 27.6. The Labute approximate surface area is 177 Å². The van der Waals surface area contributed by atoms with Crippen molar-refractivity contribution in [3.05, 3.63) is 22.7 Å². The predicted octanol–water partition coefficient (Wildman–Crippen LogP) is 1.72. The lowest BCUT2D eigenvalue weighted by atomic mass is 9.91. The number of nitrogen functional groups attached to an aromatic ring is 1. The van der Waals surface area contributed by atoms with E-state index in [9.17, 15) is 14.2 Å². The monoisotopic (exact) mass is 461 g/mol. The molecule has 1 saturated carbocycles. The van der Waals surface area contributed by atoms with Crippen LogP contribution in [0.1, 0.15) is 40.2 Å². The van der Waals surface area contributed by atoms with Gasteiger partial charge in [0.15, 0.2) is 5.67 Å². The predicted molar refractivity (Wildman–Crippen MR) is 104 cm³/mol. The van der Waals surface area contributed by atoms with E-state index in [0.29, 0.717) is 6.42 Å². The molecule has 11 nitrogen and oxygen atoms in total. The van der Waals surface area contributed by atoms with Crippen LogP contribution >= 0.6 is 7.82 Å². The van der Waals surface area contributed by atoms with Crippen LogP contribution in [0.4, 0.5) is 10.2 Å². The largest absolute Gasteiger partial charge is 0.478 e. The van der Waals surface area contributed by atoms with Gasteiger partial charge in [0, 0.05) is 6.20 Å². The third-order valence-corrected chi connectivity index (χ3v) is 7.11. The number of nitrogens with zero attached hydrogens (tertiary/aromatic N) is 2. The van der Waals surface area contributed by atoms with E-state index < -0.39 is 61.2 Å². The van der Waals surface area contributed by atoms with Crippen LogP contribution in [0.15, 0.2) is 17.1 Å². The van der Waals surface area contributed by atoms with Crippen LogP contribution in [0.3, 0.4) is 0 Å². The van der Waals surface area contributed by atoms with E-state index in [1.54, 1.807) is 27.7 Å². The first-order chi connectivity index (χ1) is 14.4. The Morgan fingerprint density at radius 3 is 2.81 bits per heavy atom. The molecule has 2 aliphatic heterocycles. The van der Waals surface area contributed by atoms with E-state index in [2.05, 4.69) is 4.98 Å². The van der Waals surface area contributed by atoms with Crippen LogP contribution in [-0.2, 0) is 32.4 Å². The van der Waals surface area contributed by atoms with Crippen LogP contribution in [0.25, 0.3) is 0 Å². The molecule has 0 radical (unpaired) electrons. The number of phosphoric ester groups is 1. The van der Waals surface area contributed by atoms with Gasteiger partial charge in [-0.05, 0) is 33.3 Å². The van der Waals surface area contributed by atoms with Crippen molar-refractivity contribution in [3.8, 4) is 0 Å². The zero-order valence-electron chi connectivity index (χ0n) is 17.6. The average molecular weight is 461 g/mol. The Bertz CT molecular complexity index is 1010. The Hall–Kier alpha value is -1.85. The van der Waals surface area contributed by atoms with Gasteiger partial charge in [0.25, 0.3) is 0 Å². The van der Waals surface area contributed by atoms with Gasteiger partial charge in [-0.3, -0.25) is 18.4 Å². The first-order valence-electron chi connectivity index (χ1n) is 9.82. The Kier molecular flexibility index (Phi) is 5.10. The molecule has 3 fully saturated rings. The molecule has 2 N–H and O–H groups in total. The Morgan fingerprint density at radius 2 is 2.19 bits per heavy atom. The molecule has 1 aromatic heterocycles. The van der Waals surface area contributed by atoms with Gasteiger partial charge in [-0.15, -0.1) is 0 Å². The number of hydrogen-bond donors (Lipinski definition) is 1. The number of anilines is 1. The number of halogens is 1. The molecule has 31 heavy (non-hydrogen) atoms. The molecular formula is C18H25FN3O8P. The highest BCUT2D eigenvalue weighted by Crippen LogP contribution is 2.71. The van der Waals surface area contributed by atoms with Gasteiger partial charge in [-0.2, -0.15) is 4.98 Å². The van der Waals surface area contributed by atoms with Crippen molar-refractivity contribution >= 4 is 19.6 Å². The van der Waals surface area contributed by atoms with Gasteiger partial charge in [0.05, 0.1) is 12.0 Å². The van der Waals surface area contributed by atoms with Crippen molar-refractivity contribution in [2.24, 2.45) is 5.41 Å². The lowest BCUT2D eigenvalue weighted by Gasteiger charge is -2.42. The lowest BCUT2D eigenvalue weighted by Crippen LogP contribution is -2.54. The number of alkyl halides is 1. The van der Waals surface area contributed by atoms with Gasteiger partial charge in [0.2, 0.25) is 6.79 Å². The molecule has 1 aromatic rings. The van der Waals surface area contributed by atoms with Crippen LogP contribution in [0, 0.1) is 5.41 Å². The maximum atomic E-state index is 16.0. The van der Waals surface area contributed by atoms with Crippen LogP contribution in [0.2, 0.25) is 0 Å². The van der Waals surface area contributed by atoms with E-state index in [0.717, 1.165) is 4.57 Å². The number of nitrogens with two attached hydrogens (primary N) is 1. The van der Waals surface area contributed by atoms with E-state index in [-0.39, 0.29) is 12.4 Å². The quantitative estimate of drug-likeness (QED) is 0.391. The molecule has 13 heteroatoms. The number of fused-ring (bicyclic) bond motifs is 3. The van der Waals surface area contributed by atoms with Crippen molar-refractivity contribution in [1.82, 2.24) is 9.55 Å².